The Hall–Kier alpha value is -0.990. The molecule has 0 radical (unpaired) electrons. The molecular formula is C9H16N2O. The van der Waals surface area contributed by atoms with Crippen LogP contribution in [0.25, 0.3) is 0 Å². The number of amides is 2. The Balaban J connectivity index is 2.42. The van der Waals surface area contributed by atoms with Crippen molar-refractivity contribution in [3.63, 3.8) is 0 Å². The average molecular weight is 168 g/mol. The number of hydrogen-bond acceptors (Lipinski definition) is 1. The van der Waals surface area contributed by atoms with Crippen LogP contribution in [-0.2, 0) is 0 Å². The van der Waals surface area contributed by atoms with Crippen LogP contribution in [0.15, 0.2) is 12.2 Å². The molecule has 0 fully saturated rings. The van der Waals surface area contributed by atoms with E-state index in [4.69, 9.17) is 0 Å². The molecule has 12 heavy (non-hydrogen) atoms. The van der Waals surface area contributed by atoms with E-state index in [0.717, 1.165) is 19.4 Å². The fraction of sp³-hybridized carbons (Fsp3) is 0.667. The third kappa shape index (κ3) is 2.95. The molecule has 0 atom stereocenters. The van der Waals surface area contributed by atoms with Gasteiger partial charge in [0.1, 0.15) is 0 Å². The highest BCUT2D eigenvalue weighted by Crippen LogP contribution is 2.00. The maximum atomic E-state index is 11.2. The third-order valence-electron chi connectivity index (χ3n) is 2.00. The predicted molar refractivity (Wildman–Crippen MR) is 49.0 cm³/mol. The second-order valence-corrected chi connectivity index (χ2v) is 3.07. The minimum atomic E-state index is 0.0292. The van der Waals surface area contributed by atoms with E-state index in [1.54, 1.807) is 4.90 Å². The summed E-state index contributed by atoms with van der Waals surface area (Å²) in [6.45, 7) is 1.52. The summed E-state index contributed by atoms with van der Waals surface area (Å²) < 4.78 is 0. The van der Waals surface area contributed by atoms with Crippen LogP contribution >= 0.6 is 0 Å². The number of nitrogens with one attached hydrogen (secondary N) is 1. The summed E-state index contributed by atoms with van der Waals surface area (Å²) in [7, 11) is 1.83. The van der Waals surface area contributed by atoms with Crippen LogP contribution in [0.2, 0.25) is 0 Å². The maximum Gasteiger partial charge on any atom is 0.317 e. The van der Waals surface area contributed by atoms with Gasteiger partial charge in [0.05, 0.1) is 0 Å². The molecule has 1 aliphatic heterocycles. The van der Waals surface area contributed by atoms with Gasteiger partial charge in [-0.2, -0.15) is 0 Å². The first-order valence-corrected chi connectivity index (χ1v) is 4.44. The second-order valence-electron chi connectivity index (χ2n) is 3.07. The molecule has 0 aromatic carbocycles. The van der Waals surface area contributed by atoms with Crippen molar-refractivity contribution >= 4 is 6.03 Å². The summed E-state index contributed by atoms with van der Waals surface area (Å²) in [5, 5.41) is 2.80. The molecule has 1 N–H and O–H groups in total. The standard InChI is InChI=1S/C9H16N2O/c1-11-8-6-4-2-3-5-7-10-9(11)12/h3,5H,2,4,6-8H2,1H3,(H,10,12)/b5-3-. The van der Waals surface area contributed by atoms with Crippen molar-refractivity contribution < 1.29 is 4.79 Å². The van der Waals surface area contributed by atoms with E-state index in [0.29, 0.717) is 6.54 Å². The first-order valence-electron chi connectivity index (χ1n) is 4.44. The van der Waals surface area contributed by atoms with E-state index in [1.165, 1.54) is 6.42 Å². The quantitative estimate of drug-likeness (QED) is 0.544. The molecule has 3 heteroatoms. The van der Waals surface area contributed by atoms with E-state index in [1.807, 2.05) is 13.1 Å². The fourth-order valence-corrected chi connectivity index (χ4v) is 1.20. The Bertz CT molecular complexity index is 177. The number of carbonyl (C=O) groups is 1. The van der Waals surface area contributed by atoms with E-state index in [2.05, 4.69) is 11.4 Å². The number of rotatable bonds is 0. The van der Waals surface area contributed by atoms with Gasteiger partial charge in [0.15, 0.2) is 0 Å². The minimum absolute atomic E-state index is 0.0292. The molecule has 1 heterocycles. The molecule has 0 bridgehead atoms. The summed E-state index contributed by atoms with van der Waals surface area (Å²) >= 11 is 0. The van der Waals surface area contributed by atoms with Gasteiger partial charge in [0.2, 0.25) is 0 Å². The van der Waals surface area contributed by atoms with Crippen molar-refractivity contribution in [2.45, 2.75) is 19.3 Å². The van der Waals surface area contributed by atoms with Gasteiger partial charge in [0.25, 0.3) is 0 Å². The molecular weight excluding hydrogens is 152 g/mol. The Kier molecular flexibility index (Phi) is 3.64. The van der Waals surface area contributed by atoms with Gasteiger partial charge >= 0.3 is 6.03 Å². The van der Waals surface area contributed by atoms with E-state index >= 15 is 0 Å². The van der Waals surface area contributed by atoms with E-state index in [-0.39, 0.29) is 6.03 Å². The van der Waals surface area contributed by atoms with E-state index < -0.39 is 0 Å². The lowest BCUT2D eigenvalue weighted by atomic mass is 10.2. The highest BCUT2D eigenvalue weighted by atomic mass is 16.2. The predicted octanol–water partition coefficient (Wildman–Crippen LogP) is 1.37. The molecule has 0 unspecified atom stereocenters. The first-order chi connectivity index (χ1) is 5.80. The second kappa shape index (κ2) is 4.80. The zero-order valence-electron chi connectivity index (χ0n) is 7.55. The van der Waals surface area contributed by atoms with Gasteiger partial charge in [-0.1, -0.05) is 12.2 Å². The molecule has 3 nitrogen and oxygen atoms in total. The van der Waals surface area contributed by atoms with Gasteiger partial charge in [-0.15, -0.1) is 0 Å². The van der Waals surface area contributed by atoms with Crippen molar-refractivity contribution in [2.24, 2.45) is 0 Å². The molecule has 0 aliphatic carbocycles. The molecule has 1 rings (SSSR count). The van der Waals surface area contributed by atoms with Crippen LogP contribution in [0.4, 0.5) is 4.79 Å². The summed E-state index contributed by atoms with van der Waals surface area (Å²) in [6, 6.07) is 0.0292. The Labute approximate surface area is 73.4 Å². The summed E-state index contributed by atoms with van der Waals surface area (Å²) in [4.78, 5) is 12.9. The van der Waals surface area contributed by atoms with Gasteiger partial charge in [-0.3, -0.25) is 0 Å². The molecule has 68 valence electrons. The summed E-state index contributed by atoms with van der Waals surface area (Å²) in [5.74, 6) is 0. The summed E-state index contributed by atoms with van der Waals surface area (Å²) in [6.07, 6.45) is 7.54. The number of allylic oxidation sites excluding steroid dienone is 1. The molecule has 2 amide bonds. The lowest BCUT2D eigenvalue weighted by Gasteiger charge is -2.17. The number of carbonyl (C=O) groups excluding carboxylic acids is 1. The Morgan fingerprint density at radius 1 is 1.42 bits per heavy atom. The van der Waals surface area contributed by atoms with Crippen LogP contribution in [0.1, 0.15) is 19.3 Å². The zero-order chi connectivity index (χ0) is 8.81. The normalized spacial score (nSPS) is 23.1. The minimum Gasteiger partial charge on any atom is -0.335 e. The first kappa shape index (κ1) is 9.10. The smallest absolute Gasteiger partial charge is 0.317 e. The maximum absolute atomic E-state index is 11.2. The lowest BCUT2D eigenvalue weighted by molar-refractivity contribution is 0.209. The van der Waals surface area contributed by atoms with Crippen molar-refractivity contribution in [1.82, 2.24) is 10.2 Å². The van der Waals surface area contributed by atoms with Gasteiger partial charge in [-0.05, 0) is 19.3 Å². The van der Waals surface area contributed by atoms with Crippen LogP contribution in [0.5, 0.6) is 0 Å². The highest BCUT2D eigenvalue weighted by molar-refractivity contribution is 5.73. The van der Waals surface area contributed by atoms with Crippen molar-refractivity contribution in [1.29, 1.82) is 0 Å². The largest absolute Gasteiger partial charge is 0.335 e. The van der Waals surface area contributed by atoms with Crippen molar-refractivity contribution in [2.75, 3.05) is 20.1 Å². The number of hydrogen-bond donors (Lipinski definition) is 1. The number of urea groups is 1. The topological polar surface area (TPSA) is 32.3 Å². The zero-order valence-corrected chi connectivity index (χ0v) is 7.55. The third-order valence-corrected chi connectivity index (χ3v) is 2.00. The van der Waals surface area contributed by atoms with Crippen LogP contribution < -0.4 is 5.32 Å². The van der Waals surface area contributed by atoms with Crippen LogP contribution in [0, 0.1) is 0 Å². The monoisotopic (exact) mass is 168 g/mol. The molecule has 0 aromatic rings. The molecule has 0 saturated heterocycles. The van der Waals surface area contributed by atoms with Crippen molar-refractivity contribution in [3.05, 3.63) is 12.2 Å². The van der Waals surface area contributed by atoms with Crippen LogP contribution in [0.3, 0.4) is 0 Å². The van der Waals surface area contributed by atoms with Gasteiger partial charge in [0, 0.05) is 20.1 Å². The lowest BCUT2D eigenvalue weighted by Crippen LogP contribution is -2.38. The highest BCUT2D eigenvalue weighted by Gasteiger charge is 2.06. The fourth-order valence-electron chi connectivity index (χ4n) is 1.20. The SMILES string of the molecule is CN1CCCC/C=C\CNC1=O. The molecule has 0 spiro atoms. The number of nitrogens with zero attached hydrogens (tertiary/aromatic N) is 1. The molecule has 0 saturated carbocycles. The van der Waals surface area contributed by atoms with E-state index in [9.17, 15) is 4.79 Å². The van der Waals surface area contributed by atoms with Gasteiger partial charge < -0.3 is 10.2 Å². The Morgan fingerprint density at radius 2 is 2.25 bits per heavy atom. The Morgan fingerprint density at radius 3 is 3.08 bits per heavy atom. The van der Waals surface area contributed by atoms with Crippen molar-refractivity contribution in [3.8, 4) is 0 Å². The van der Waals surface area contributed by atoms with Crippen LogP contribution in [-0.4, -0.2) is 31.1 Å². The molecule has 0 aromatic heterocycles. The average Bonchev–Trinajstić information content (AvgIpc) is 2.08. The molecule has 1 aliphatic rings. The summed E-state index contributed by atoms with van der Waals surface area (Å²) in [5.41, 5.74) is 0. The van der Waals surface area contributed by atoms with Gasteiger partial charge in [-0.25, -0.2) is 4.79 Å².